The van der Waals surface area contributed by atoms with Crippen LogP contribution >= 0.6 is 0 Å². The molecule has 0 aliphatic rings. The van der Waals surface area contributed by atoms with E-state index in [0.717, 1.165) is 11.9 Å². The molecule has 2 rings (SSSR count). The molecular weight excluding hydrogens is 210 g/mol. The molecule has 1 unspecified atom stereocenters. The molecule has 0 aliphatic heterocycles. The van der Waals surface area contributed by atoms with Crippen LogP contribution in [-0.2, 0) is 0 Å². The van der Waals surface area contributed by atoms with Crippen molar-refractivity contribution in [1.82, 2.24) is 10.2 Å². The molecule has 3 heteroatoms. The minimum absolute atomic E-state index is 0.559. The van der Waals surface area contributed by atoms with E-state index in [9.17, 15) is 0 Å². The summed E-state index contributed by atoms with van der Waals surface area (Å²) in [5, 5.41) is 11.9. The first-order valence-corrected chi connectivity index (χ1v) is 6.53. The molecule has 3 nitrogen and oxygen atoms in total. The van der Waals surface area contributed by atoms with Crippen LogP contribution in [0.4, 0.5) is 5.69 Å². The molecule has 1 atom stereocenters. The Morgan fingerprint density at radius 3 is 3.00 bits per heavy atom. The summed E-state index contributed by atoms with van der Waals surface area (Å²) in [7, 11) is 0. The fourth-order valence-electron chi connectivity index (χ4n) is 2.14. The maximum absolute atomic E-state index is 4.09. The summed E-state index contributed by atoms with van der Waals surface area (Å²) < 4.78 is 0. The standard InChI is InChI=1S/C14H21N3/c1-3-5-8-12(4-2)16-13-9-6-7-11-10-15-17-14(11)13/h6-7,9-10,12,16H,3-5,8H2,1-2H3,(H,15,17). The number of anilines is 1. The first-order valence-electron chi connectivity index (χ1n) is 6.53. The van der Waals surface area contributed by atoms with Gasteiger partial charge < -0.3 is 5.32 Å². The topological polar surface area (TPSA) is 40.7 Å². The van der Waals surface area contributed by atoms with Crippen LogP contribution in [0.5, 0.6) is 0 Å². The number of rotatable bonds is 6. The van der Waals surface area contributed by atoms with Gasteiger partial charge in [-0.2, -0.15) is 5.10 Å². The van der Waals surface area contributed by atoms with E-state index in [1.54, 1.807) is 0 Å². The largest absolute Gasteiger partial charge is 0.381 e. The monoisotopic (exact) mass is 231 g/mol. The molecule has 0 saturated heterocycles. The molecule has 1 aromatic carbocycles. The quantitative estimate of drug-likeness (QED) is 0.790. The second-order valence-electron chi connectivity index (χ2n) is 4.53. The van der Waals surface area contributed by atoms with Gasteiger partial charge >= 0.3 is 0 Å². The molecule has 0 radical (unpaired) electrons. The molecular formula is C14H21N3. The second kappa shape index (κ2) is 5.71. The van der Waals surface area contributed by atoms with Gasteiger partial charge in [-0.1, -0.05) is 38.8 Å². The number of benzene rings is 1. The molecule has 1 aromatic heterocycles. The lowest BCUT2D eigenvalue weighted by atomic mass is 10.1. The summed E-state index contributed by atoms with van der Waals surface area (Å²) in [6.45, 7) is 4.47. The molecule has 0 fully saturated rings. The van der Waals surface area contributed by atoms with Crippen LogP contribution < -0.4 is 5.32 Å². The number of nitrogens with zero attached hydrogens (tertiary/aromatic N) is 1. The van der Waals surface area contributed by atoms with Gasteiger partial charge in [0.05, 0.1) is 17.4 Å². The summed E-state index contributed by atoms with van der Waals surface area (Å²) in [5.41, 5.74) is 2.28. The number of H-pyrrole nitrogens is 1. The van der Waals surface area contributed by atoms with Gasteiger partial charge in [0.1, 0.15) is 0 Å². The average Bonchev–Trinajstić information content (AvgIpc) is 2.83. The summed E-state index contributed by atoms with van der Waals surface area (Å²) in [4.78, 5) is 0. The molecule has 92 valence electrons. The number of aromatic amines is 1. The lowest BCUT2D eigenvalue weighted by molar-refractivity contribution is 0.594. The minimum Gasteiger partial charge on any atom is -0.381 e. The number of unbranched alkanes of at least 4 members (excludes halogenated alkanes) is 1. The maximum atomic E-state index is 4.09. The highest BCUT2D eigenvalue weighted by Crippen LogP contribution is 2.22. The zero-order valence-electron chi connectivity index (χ0n) is 10.7. The van der Waals surface area contributed by atoms with Crippen LogP contribution in [0.25, 0.3) is 10.9 Å². The van der Waals surface area contributed by atoms with Crippen LogP contribution in [0.1, 0.15) is 39.5 Å². The van der Waals surface area contributed by atoms with Crippen LogP contribution in [0.2, 0.25) is 0 Å². The molecule has 0 bridgehead atoms. The van der Waals surface area contributed by atoms with E-state index in [1.165, 1.54) is 30.3 Å². The Bertz CT molecular complexity index is 461. The normalized spacial score (nSPS) is 12.8. The SMILES string of the molecule is CCCCC(CC)Nc1cccc2cn[nH]c12. The van der Waals surface area contributed by atoms with Crippen molar-refractivity contribution >= 4 is 16.6 Å². The van der Waals surface area contributed by atoms with Crippen LogP contribution in [-0.4, -0.2) is 16.2 Å². The van der Waals surface area contributed by atoms with E-state index >= 15 is 0 Å². The maximum Gasteiger partial charge on any atom is 0.0881 e. The van der Waals surface area contributed by atoms with Gasteiger partial charge in [-0.3, -0.25) is 5.10 Å². The number of fused-ring (bicyclic) bond motifs is 1. The number of aromatic nitrogens is 2. The van der Waals surface area contributed by atoms with Gasteiger partial charge in [0.25, 0.3) is 0 Å². The Morgan fingerprint density at radius 1 is 1.35 bits per heavy atom. The van der Waals surface area contributed by atoms with Crippen LogP contribution in [0.15, 0.2) is 24.4 Å². The van der Waals surface area contributed by atoms with Crippen LogP contribution in [0, 0.1) is 0 Å². The fourth-order valence-corrected chi connectivity index (χ4v) is 2.14. The Balaban J connectivity index is 2.13. The average molecular weight is 231 g/mol. The third-order valence-corrected chi connectivity index (χ3v) is 3.24. The fraction of sp³-hybridized carbons (Fsp3) is 0.500. The summed E-state index contributed by atoms with van der Waals surface area (Å²) in [6, 6.07) is 6.84. The highest BCUT2D eigenvalue weighted by atomic mass is 15.1. The summed E-state index contributed by atoms with van der Waals surface area (Å²) in [5.74, 6) is 0. The molecule has 2 aromatic rings. The van der Waals surface area contributed by atoms with Crippen LogP contribution in [0.3, 0.4) is 0 Å². The number of hydrogen-bond donors (Lipinski definition) is 2. The van der Waals surface area contributed by atoms with Crippen molar-refractivity contribution in [2.75, 3.05) is 5.32 Å². The van der Waals surface area contributed by atoms with E-state index in [4.69, 9.17) is 0 Å². The zero-order chi connectivity index (χ0) is 12.1. The van der Waals surface area contributed by atoms with Gasteiger partial charge in [0, 0.05) is 11.4 Å². The van der Waals surface area contributed by atoms with Crippen molar-refractivity contribution in [1.29, 1.82) is 0 Å². The number of hydrogen-bond acceptors (Lipinski definition) is 2. The third kappa shape index (κ3) is 2.78. The van der Waals surface area contributed by atoms with Gasteiger partial charge in [-0.15, -0.1) is 0 Å². The van der Waals surface area contributed by atoms with Crippen molar-refractivity contribution in [2.45, 2.75) is 45.6 Å². The second-order valence-corrected chi connectivity index (χ2v) is 4.53. The van der Waals surface area contributed by atoms with Gasteiger partial charge in [-0.25, -0.2) is 0 Å². The Kier molecular flexibility index (Phi) is 4.02. The molecule has 17 heavy (non-hydrogen) atoms. The molecule has 0 amide bonds. The highest BCUT2D eigenvalue weighted by molar-refractivity contribution is 5.89. The predicted molar refractivity (Wildman–Crippen MR) is 73.3 cm³/mol. The molecule has 1 heterocycles. The lowest BCUT2D eigenvalue weighted by Gasteiger charge is -2.18. The van der Waals surface area contributed by atoms with Gasteiger partial charge in [0.2, 0.25) is 0 Å². The molecule has 0 spiro atoms. The van der Waals surface area contributed by atoms with Crippen molar-refractivity contribution in [3.05, 3.63) is 24.4 Å². The Hall–Kier alpha value is -1.51. The smallest absolute Gasteiger partial charge is 0.0881 e. The van der Waals surface area contributed by atoms with Crippen molar-refractivity contribution in [3.63, 3.8) is 0 Å². The van der Waals surface area contributed by atoms with E-state index in [1.807, 2.05) is 6.20 Å². The lowest BCUT2D eigenvalue weighted by Crippen LogP contribution is -2.18. The van der Waals surface area contributed by atoms with Crippen molar-refractivity contribution in [2.24, 2.45) is 0 Å². The van der Waals surface area contributed by atoms with Crippen molar-refractivity contribution < 1.29 is 0 Å². The zero-order valence-corrected chi connectivity index (χ0v) is 10.7. The first kappa shape index (κ1) is 12.0. The van der Waals surface area contributed by atoms with Crippen molar-refractivity contribution in [3.8, 4) is 0 Å². The van der Waals surface area contributed by atoms with E-state index < -0.39 is 0 Å². The van der Waals surface area contributed by atoms with E-state index in [-0.39, 0.29) is 0 Å². The molecule has 0 aliphatic carbocycles. The number of nitrogens with one attached hydrogen (secondary N) is 2. The third-order valence-electron chi connectivity index (χ3n) is 3.24. The van der Waals surface area contributed by atoms with Gasteiger partial charge in [0.15, 0.2) is 0 Å². The summed E-state index contributed by atoms with van der Waals surface area (Å²) >= 11 is 0. The molecule has 0 saturated carbocycles. The first-order chi connectivity index (χ1) is 8.35. The Labute approximate surface area is 103 Å². The van der Waals surface area contributed by atoms with Gasteiger partial charge in [-0.05, 0) is 18.9 Å². The van der Waals surface area contributed by atoms with E-state index in [2.05, 4.69) is 47.6 Å². The predicted octanol–water partition coefficient (Wildman–Crippen LogP) is 3.94. The minimum atomic E-state index is 0.559. The summed E-state index contributed by atoms with van der Waals surface area (Å²) in [6.07, 6.45) is 6.80. The van der Waals surface area contributed by atoms with E-state index in [0.29, 0.717) is 6.04 Å². The highest BCUT2D eigenvalue weighted by Gasteiger charge is 2.08. The molecule has 2 N–H and O–H groups in total. The Morgan fingerprint density at radius 2 is 2.24 bits per heavy atom. The number of para-hydroxylation sites is 1.